The van der Waals surface area contributed by atoms with Gasteiger partial charge in [0.2, 0.25) is 0 Å². The molecular weight excluding hydrogens is 502 g/mol. The van der Waals surface area contributed by atoms with Crippen LogP contribution in [0.4, 0.5) is 4.39 Å². The first kappa shape index (κ1) is 23.5. The largest absolute Gasteiger partial charge is 0.309 e. The smallest absolute Gasteiger partial charge is 0.171 e. The molecule has 2 aromatic heterocycles. The first-order chi connectivity index (χ1) is 19.1. The molecule has 0 bridgehead atoms. The average molecular weight is 525 g/mol. The van der Waals surface area contributed by atoms with Crippen molar-refractivity contribution in [1.82, 2.24) is 9.97 Å². The lowest BCUT2D eigenvalue weighted by Gasteiger charge is -2.20. The summed E-state index contributed by atoms with van der Waals surface area (Å²) in [6, 6.07) is 39.9. The van der Waals surface area contributed by atoms with Gasteiger partial charge in [-0.05, 0) is 47.5 Å². The van der Waals surface area contributed by atoms with Gasteiger partial charge in [-0.1, -0.05) is 91.0 Å². The molecule has 7 aromatic rings. The first-order valence-corrected chi connectivity index (χ1v) is 14.4. The number of hydrogen-bond donors (Lipinski definition) is 0. The number of hydrogen-bond acceptors (Lipinski definition) is 3. The molecule has 0 N–H and O–H groups in total. The zero-order chi connectivity index (χ0) is 26.4. The molecule has 0 spiro atoms. The lowest BCUT2D eigenvalue weighted by Crippen LogP contribution is -2.24. The van der Waals surface area contributed by atoms with Gasteiger partial charge >= 0.3 is 0 Å². The Bertz CT molecular complexity index is 2000. The summed E-state index contributed by atoms with van der Waals surface area (Å²) in [5.41, 5.74) is 4.27. The molecule has 0 amide bonds. The second kappa shape index (κ2) is 9.27. The number of fused-ring (bicyclic) bond motifs is 4. The van der Waals surface area contributed by atoms with Gasteiger partial charge in [0.25, 0.3) is 0 Å². The summed E-state index contributed by atoms with van der Waals surface area (Å²) < 4.78 is 28.7. The number of benzene rings is 5. The fourth-order valence-corrected chi connectivity index (χ4v) is 7.97. The normalized spacial score (nSPS) is 11.8. The summed E-state index contributed by atoms with van der Waals surface area (Å²) in [5.74, 6) is -0.292. The molecule has 0 saturated carbocycles. The van der Waals surface area contributed by atoms with Gasteiger partial charge < -0.3 is 4.57 Å². The maximum absolute atomic E-state index is 14.8. The summed E-state index contributed by atoms with van der Waals surface area (Å²) in [4.78, 5) is 9.50. The highest BCUT2D eigenvalue weighted by Crippen LogP contribution is 2.43. The highest BCUT2D eigenvalue weighted by molar-refractivity contribution is 7.85. The van der Waals surface area contributed by atoms with Gasteiger partial charge in [0.1, 0.15) is 5.82 Å². The molecule has 186 valence electrons. The van der Waals surface area contributed by atoms with Crippen LogP contribution in [0.1, 0.15) is 0 Å². The van der Waals surface area contributed by atoms with Crippen LogP contribution in [0.15, 0.2) is 134 Å². The van der Waals surface area contributed by atoms with Crippen molar-refractivity contribution >= 4 is 55.8 Å². The van der Waals surface area contributed by atoms with Crippen LogP contribution < -0.4 is 15.9 Å². The van der Waals surface area contributed by atoms with Crippen molar-refractivity contribution in [3.63, 3.8) is 0 Å². The summed E-state index contributed by atoms with van der Waals surface area (Å²) in [6.45, 7) is 0. The van der Waals surface area contributed by atoms with Crippen molar-refractivity contribution in [2.24, 2.45) is 0 Å². The molecule has 0 saturated heterocycles. The molecule has 0 unspecified atom stereocenters. The standard InChI is InChI=1S/C34H22FN2OP/c35-26-15-18-32-24(21-26)20-25-22-31(30-12-7-19-36-34(30)33(25)37-32)23-13-16-29(17-14-23)39(38,27-8-3-1-4-9-27)28-10-5-2-6-11-28/h1-22H. The first-order valence-electron chi connectivity index (χ1n) is 12.7. The van der Waals surface area contributed by atoms with Gasteiger partial charge in [-0.3, -0.25) is 4.98 Å². The van der Waals surface area contributed by atoms with Crippen LogP contribution in [0.3, 0.4) is 0 Å². The van der Waals surface area contributed by atoms with E-state index in [4.69, 9.17) is 4.98 Å². The van der Waals surface area contributed by atoms with Crippen LogP contribution in [-0.2, 0) is 4.57 Å². The van der Waals surface area contributed by atoms with Gasteiger partial charge in [0.15, 0.2) is 7.14 Å². The molecule has 7 rings (SSSR count). The van der Waals surface area contributed by atoms with E-state index in [2.05, 4.69) is 11.1 Å². The van der Waals surface area contributed by atoms with Crippen LogP contribution in [0.5, 0.6) is 0 Å². The van der Waals surface area contributed by atoms with Crippen LogP contribution in [0.25, 0.3) is 43.8 Å². The van der Waals surface area contributed by atoms with Crippen molar-refractivity contribution in [1.29, 1.82) is 0 Å². The van der Waals surface area contributed by atoms with Gasteiger partial charge in [0, 0.05) is 38.3 Å². The average Bonchev–Trinajstić information content (AvgIpc) is 3.00. The Morgan fingerprint density at radius 3 is 1.95 bits per heavy atom. The SMILES string of the molecule is O=P(c1ccccc1)(c1ccccc1)c1ccc(-c2cc3cc4cc(F)ccc4nc3c3ncccc23)cc1. The van der Waals surface area contributed by atoms with E-state index in [1.807, 2.05) is 103 Å². The highest BCUT2D eigenvalue weighted by atomic mass is 31.2. The zero-order valence-corrected chi connectivity index (χ0v) is 21.7. The summed E-state index contributed by atoms with van der Waals surface area (Å²) in [7, 11) is -3.07. The van der Waals surface area contributed by atoms with Crippen LogP contribution in [-0.4, -0.2) is 9.97 Å². The minimum Gasteiger partial charge on any atom is -0.309 e. The summed E-state index contributed by atoms with van der Waals surface area (Å²) in [5, 5.41) is 4.98. The molecule has 3 nitrogen and oxygen atoms in total. The molecule has 5 heteroatoms. The Kier molecular flexibility index (Phi) is 5.57. The second-order valence-electron chi connectivity index (χ2n) is 9.55. The quantitative estimate of drug-likeness (QED) is 0.137. The van der Waals surface area contributed by atoms with E-state index >= 15 is 0 Å². The summed E-state index contributed by atoms with van der Waals surface area (Å²) >= 11 is 0. The molecule has 5 aromatic carbocycles. The van der Waals surface area contributed by atoms with Gasteiger partial charge in [-0.2, -0.15) is 0 Å². The highest BCUT2D eigenvalue weighted by Gasteiger charge is 2.29. The second-order valence-corrected chi connectivity index (χ2v) is 12.3. The van der Waals surface area contributed by atoms with Crippen LogP contribution in [0.2, 0.25) is 0 Å². The van der Waals surface area contributed by atoms with Gasteiger partial charge in [-0.15, -0.1) is 0 Å². The molecule has 0 aliphatic heterocycles. The number of rotatable bonds is 4. The van der Waals surface area contributed by atoms with Crippen LogP contribution >= 0.6 is 7.14 Å². The Labute approximate surface area is 225 Å². The molecule has 2 heterocycles. The van der Waals surface area contributed by atoms with E-state index in [0.29, 0.717) is 0 Å². The molecule has 0 radical (unpaired) electrons. The van der Waals surface area contributed by atoms with E-state index < -0.39 is 7.14 Å². The van der Waals surface area contributed by atoms with E-state index in [-0.39, 0.29) is 5.82 Å². The zero-order valence-electron chi connectivity index (χ0n) is 20.8. The third-order valence-corrected chi connectivity index (χ3v) is 10.3. The molecule has 0 fully saturated rings. The number of aromatic nitrogens is 2. The van der Waals surface area contributed by atoms with Crippen molar-refractivity contribution < 1.29 is 8.96 Å². The molecular formula is C34H22FN2OP. The van der Waals surface area contributed by atoms with Crippen LogP contribution in [0, 0.1) is 5.82 Å². The number of pyridine rings is 2. The fourth-order valence-electron chi connectivity index (χ4n) is 5.32. The van der Waals surface area contributed by atoms with Gasteiger partial charge in [-0.25, -0.2) is 9.37 Å². The lowest BCUT2D eigenvalue weighted by molar-refractivity contribution is 0.592. The van der Waals surface area contributed by atoms with E-state index in [0.717, 1.165) is 59.7 Å². The Hall–Kier alpha value is -4.66. The predicted octanol–water partition coefficient (Wildman–Crippen LogP) is 7.38. The number of nitrogens with zero attached hydrogens (tertiary/aromatic N) is 2. The molecule has 0 aliphatic rings. The summed E-state index contributed by atoms with van der Waals surface area (Å²) in [6.07, 6.45) is 1.77. The monoisotopic (exact) mass is 524 g/mol. The van der Waals surface area contributed by atoms with E-state index in [1.165, 1.54) is 12.1 Å². The lowest BCUT2D eigenvalue weighted by atomic mass is 9.97. The van der Waals surface area contributed by atoms with Crippen molar-refractivity contribution in [2.45, 2.75) is 0 Å². The topological polar surface area (TPSA) is 42.9 Å². The Morgan fingerprint density at radius 2 is 1.26 bits per heavy atom. The Morgan fingerprint density at radius 1 is 0.590 bits per heavy atom. The minimum absolute atomic E-state index is 0.292. The van der Waals surface area contributed by atoms with Gasteiger partial charge in [0.05, 0.1) is 16.6 Å². The third kappa shape index (κ3) is 3.93. The van der Waals surface area contributed by atoms with Crippen molar-refractivity contribution in [3.05, 3.63) is 139 Å². The number of halogens is 1. The Balaban J connectivity index is 1.42. The fraction of sp³-hybridized carbons (Fsp3) is 0. The minimum atomic E-state index is -3.07. The van der Waals surface area contributed by atoms with E-state index in [1.54, 1.807) is 12.3 Å². The van der Waals surface area contributed by atoms with E-state index in [9.17, 15) is 8.96 Å². The molecule has 39 heavy (non-hydrogen) atoms. The molecule has 0 atom stereocenters. The maximum atomic E-state index is 14.8. The predicted molar refractivity (Wildman–Crippen MR) is 159 cm³/mol. The van der Waals surface area contributed by atoms with Crippen molar-refractivity contribution in [2.75, 3.05) is 0 Å². The molecule has 0 aliphatic carbocycles. The third-order valence-electron chi connectivity index (χ3n) is 7.21. The maximum Gasteiger partial charge on any atom is 0.171 e. The van der Waals surface area contributed by atoms with Crippen molar-refractivity contribution in [3.8, 4) is 11.1 Å².